The zero-order valence-electron chi connectivity index (χ0n) is 76.8. The van der Waals surface area contributed by atoms with Gasteiger partial charge in [-0.05, 0) is 0 Å². The Balaban J connectivity index is 1.57. The van der Waals surface area contributed by atoms with E-state index in [-0.39, 0.29) is 215 Å². The standard InChI is InChI=1S/C90H116N18O31/c91-19-1-37-111-55-61-67(109)73(117-43-7-25-97)80(124-50-14-32-104)86(132-61)129-59-65-68(115-41-5-23-95)75(119-45-9-27-99)83(127-53-17-35-107)89(136-65)139-72-64(58-114-40-4-22-94)134-90(84(128-54-18-36-108)78(72)122-48-12-30-102)138-71-63(57-113-39-3-21-93)133-87(81(125-51-15-33-105)77(71)121-47-11-29-101)130-60-66-69(116-42-6-24-96)74(118-44-8-26-98)82(126-52-16-34-106)88(135-66)137-70-62(56-112-38-2-20-92)131-85(110)79(123-49-13-31-103)76(70)120-46-10-28-100/h61-90,109-110H,1-18,37-60H2/t61-,62-,63-,64-,65-,66-,67-,68-,69-,70-,71-,72-,73+,74+,75+,76+,77+,78+,79-,80-,81-,82-,83-,84-,85+,86+,87+,88-,89-,90-/m1/s1. The monoisotopic (exact) mass is 1940 g/mol. The quantitative estimate of drug-likeness (QED) is 0.0827. The summed E-state index contributed by atoms with van der Waals surface area (Å²) in [6.45, 7) is -8.60. The largest absolute Gasteiger partial charge is 0.387 e. The number of aliphatic hydroxyl groups is 2. The van der Waals surface area contributed by atoms with Crippen LogP contribution in [-0.4, -0.2) is 353 Å². The molecule has 6 heterocycles. The molecule has 0 saturated carbocycles. The summed E-state index contributed by atoms with van der Waals surface area (Å²) >= 11 is 0. The number of aliphatic hydroxyl groups excluding tert-OH is 2. The van der Waals surface area contributed by atoms with Crippen molar-refractivity contribution in [3.8, 4) is 109 Å². The molecule has 2 N–H and O–H groups in total. The number of nitrogens with zero attached hydrogens (tertiary/aromatic N) is 18. The molecule has 30 atom stereocenters. The molecule has 0 spiro atoms. The first-order chi connectivity index (χ1) is 68.2. The second-order valence-electron chi connectivity index (χ2n) is 30.6. The van der Waals surface area contributed by atoms with Crippen LogP contribution in [0, 0.1) is 204 Å². The Bertz CT molecular complexity index is 4350. The maximum atomic E-state index is 11.9. The molecular weight excluding hydrogens is 1830 g/mol. The number of rotatable bonds is 70. The fourth-order valence-corrected chi connectivity index (χ4v) is 15.3. The minimum atomic E-state index is -1.87. The summed E-state index contributed by atoms with van der Waals surface area (Å²) in [4.78, 5) is 0. The van der Waals surface area contributed by atoms with Crippen LogP contribution >= 0.6 is 0 Å². The molecule has 49 heteroatoms. The summed E-state index contributed by atoms with van der Waals surface area (Å²) in [6, 6.07) is 36.2. The van der Waals surface area contributed by atoms with E-state index in [4.69, 9.17) is 137 Å². The Morgan fingerprint density at radius 1 is 0.158 bits per heavy atom. The summed E-state index contributed by atoms with van der Waals surface area (Å²) in [5.74, 6) is 0. The highest BCUT2D eigenvalue weighted by molar-refractivity contribution is 5.04. The van der Waals surface area contributed by atoms with Gasteiger partial charge in [-0.2, -0.15) is 94.7 Å². The van der Waals surface area contributed by atoms with Gasteiger partial charge in [-0.3, -0.25) is 0 Å². The first kappa shape index (κ1) is 117. The third kappa shape index (κ3) is 39.5. The Hall–Kier alpha value is -10.4. The predicted molar refractivity (Wildman–Crippen MR) is 450 cm³/mol. The molecule has 0 unspecified atom stereocenters. The van der Waals surface area contributed by atoms with E-state index in [1.165, 1.54) is 0 Å². The molecule has 139 heavy (non-hydrogen) atoms. The van der Waals surface area contributed by atoms with Gasteiger partial charge in [-0.15, -0.1) is 0 Å². The van der Waals surface area contributed by atoms with Crippen molar-refractivity contribution in [2.24, 2.45) is 0 Å². The zero-order chi connectivity index (χ0) is 100. The molecule has 6 saturated heterocycles. The van der Waals surface area contributed by atoms with E-state index in [0.29, 0.717) is 0 Å². The minimum Gasteiger partial charge on any atom is -0.387 e. The lowest BCUT2D eigenvalue weighted by molar-refractivity contribution is -0.396. The van der Waals surface area contributed by atoms with Crippen molar-refractivity contribution in [3.63, 3.8) is 0 Å². The lowest BCUT2D eigenvalue weighted by atomic mass is 9.95. The van der Waals surface area contributed by atoms with Gasteiger partial charge < -0.3 is 148 Å². The first-order valence-electron chi connectivity index (χ1n) is 45.3. The van der Waals surface area contributed by atoms with E-state index in [1.54, 1.807) is 0 Å². The van der Waals surface area contributed by atoms with Crippen LogP contribution < -0.4 is 0 Å². The summed E-state index contributed by atoms with van der Waals surface area (Å²) in [5.41, 5.74) is 0. The first-order valence-corrected chi connectivity index (χ1v) is 45.3. The van der Waals surface area contributed by atoms with E-state index in [1.807, 2.05) is 109 Å². The molecule has 6 aliphatic rings. The van der Waals surface area contributed by atoms with Gasteiger partial charge in [0.15, 0.2) is 37.7 Å². The SMILES string of the molecule is N#CCCOC[C@H]1O[C@H](OC[C@H]2O[C@H](O[C@H]3[C@H](OCCC#N)[C@@H](OCCC#N)[C@@H](O[C@H]4[C@H](OCCC#N)[C@@H](OCCC#N)[C@@H](OC[C@H]5O[C@H](O[C@H]6[C@H](OCCC#N)[C@@H](OCCC#N)[C@@H](O)O[C@@H]6COCCC#N)[C@H](OCCC#N)[C@@H](OCCC#N)[C@@H]5OCCC#N)O[C@@H]4COCCC#N)O[C@@H]3COCCC#N)[C@H](OCCC#N)[C@@H](OCCC#N)[C@@H]2OCCC#N)[C@H](OCCC#N)[C@@H](OCCC#N)[C@@H]1O. The van der Waals surface area contributed by atoms with Crippen LogP contribution in [-0.2, 0) is 137 Å². The molecule has 0 amide bonds. The third-order valence-corrected chi connectivity index (χ3v) is 21.2. The third-order valence-electron chi connectivity index (χ3n) is 21.2. The van der Waals surface area contributed by atoms with Gasteiger partial charge >= 0.3 is 0 Å². The van der Waals surface area contributed by atoms with E-state index in [2.05, 4.69) is 0 Å². The van der Waals surface area contributed by atoms with E-state index >= 15 is 0 Å². The maximum absolute atomic E-state index is 11.9. The number of hydrogen-bond donors (Lipinski definition) is 2. The molecule has 0 aromatic carbocycles. The van der Waals surface area contributed by atoms with Crippen LogP contribution in [0.5, 0.6) is 0 Å². The molecule has 0 bridgehead atoms. The lowest BCUT2D eigenvalue weighted by Crippen LogP contribution is -2.68. The van der Waals surface area contributed by atoms with Crippen molar-refractivity contribution in [2.75, 3.05) is 159 Å². The second-order valence-corrected chi connectivity index (χ2v) is 30.6. The normalized spacial score (nSPS) is 30.6. The summed E-state index contributed by atoms with van der Waals surface area (Å²) in [7, 11) is 0. The summed E-state index contributed by atoms with van der Waals surface area (Å²) < 4.78 is 190. The fourth-order valence-electron chi connectivity index (χ4n) is 15.3. The van der Waals surface area contributed by atoms with Crippen molar-refractivity contribution in [2.45, 2.75) is 300 Å². The Labute approximate surface area is 806 Å². The van der Waals surface area contributed by atoms with Gasteiger partial charge in [0.25, 0.3) is 0 Å². The van der Waals surface area contributed by atoms with Crippen molar-refractivity contribution >= 4 is 0 Å². The molecule has 0 aromatic rings. The van der Waals surface area contributed by atoms with Crippen LogP contribution in [0.3, 0.4) is 0 Å². The highest BCUT2D eigenvalue weighted by atomic mass is 16.8. The maximum Gasteiger partial charge on any atom is 0.187 e. The molecule has 49 nitrogen and oxygen atoms in total. The highest BCUT2D eigenvalue weighted by Gasteiger charge is 2.60. The van der Waals surface area contributed by atoms with E-state index in [0.717, 1.165) is 0 Å². The Morgan fingerprint density at radius 3 is 0.597 bits per heavy atom. The Kier molecular flexibility index (Phi) is 60.7. The fraction of sp³-hybridized carbons (Fsp3) is 0.800. The van der Waals surface area contributed by atoms with Gasteiger partial charge in [0, 0.05) is 0 Å². The van der Waals surface area contributed by atoms with E-state index in [9.17, 15) is 105 Å². The van der Waals surface area contributed by atoms with Crippen molar-refractivity contribution < 1.29 is 148 Å². The molecule has 0 aliphatic carbocycles. The molecule has 6 fully saturated rings. The lowest BCUT2D eigenvalue weighted by Gasteiger charge is -2.52. The van der Waals surface area contributed by atoms with Gasteiger partial charge in [0.1, 0.15) is 146 Å². The van der Waals surface area contributed by atoms with Crippen molar-refractivity contribution in [1.82, 2.24) is 0 Å². The van der Waals surface area contributed by atoms with Crippen LogP contribution in [0.1, 0.15) is 116 Å². The molecular formula is C90H116N18O31. The van der Waals surface area contributed by atoms with E-state index < -0.39 is 244 Å². The molecule has 6 aliphatic heterocycles. The minimum absolute atomic E-state index is 0.0448. The molecule has 6 rings (SSSR count). The number of hydrogen-bond acceptors (Lipinski definition) is 49. The van der Waals surface area contributed by atoms with Gasteiger partial charge in [-0.25, -0.2) is 0 Å². The average molecular weight is 1950 g/mol. The predicted octanol–water partition coefficient (Wildman–Crippen LogP) is 2.78. The summed E-state index contributed by atoms with van der Waals surface area (Å²) in [5, 5.41) is 202. The number of ether oxygens (including phenoxy) is 29. The zero-order valence-corrected chi connectivity index (χ0v) is 76.8. The average Bonchev–Trinajstić information content (AvgIpc) is 0.762. The second kappa shape index (κ2) is 71.9. The van der Waals surface area contributed by atoms with Crippen LogP contribution in [0.4, 0.5) is 0 Å². The van der Waals surface area contributed by atoms with Crippen LogP contribution in [0.25, 0.3) is 0 Å². The van der Waals surface area contributed by atoms with Gasteiger partial charge in [-0.1, -0.05) is 0 Å². The smallest absolute Gasteiger partial charge is 0.187 e. The van der Waals surface area contributed by atoms with Gasteiger partial charge in [0.05, 0.1) is 383 Å². The molecule has 0 aromatic heterocycles. The molecule has 752 valence electrons. The topological polar surface area (TPSA) is 736 Å². The number of nitriles is 18. The Morgan fingerprint density at radius 2 is 0.331 bits per heavy atom. The van der Waals surface area contributed by atoms with Crippen LogP contribution in [0.2, 0.25) is 0 Å². The molecule has 0 radical (unpaired) electrons. The van der Waals surface area contributed by atoms with Gasteiger partial charge in [0.2, 0.25) is 0 Å². The van der Waals surface area contributed by atoms with Crippen molar-refractivity contribution in [1.29, 1.82) is 94.7 Å². The van der Waals surface area contributed by atoms with Crippen molar-refractivity contribution in [3.05, 3.63) is 0 Å². The highest BCUT2D eigenvalue weighted by Crippen LogP contribution is 2.42. The summed E-state index contributed by atoms with van der Waals surface area (Å²) in [6.07, 6.45) is -50.4. The van der Waals surface area contributed by atoms with Crippen LogP contribution in [0.15, 0.2) is 0 Å².